The quantitative estimate of drug-likeness (QED) is 0.482. The second-order valence-corrected chi connectivity index (χ2v) is 3.81. The van der Waals surface area contributed by atoms with Crippen LogP contribution < -0.4 is 5.73 Å². The van der Waals surface area contributed by atoms with Crippen LogP contribution >= 0.6 is 0 Å². The van der Waals surface area contributed by atoms with Crippen molar-refractivity contribution in [1.29, 1.82) is 0 Å². The summed E-state index contributed by atoms with van der Waals surface area (Å²) in [5, 5.41) is 0. The average Bonchev–Trinajstić information content (AvgIpc) is 2.26. The molecule has 0 radical (unpaired) electrons. The van der Waals surface area contributed by atoms with Crippen LogP contribution in [0.1, 0.15) is 30.0 Å². The van der Waals surface area contributed by atoms with E-state index in [2.05, 4.69) is 11.8 Å². The molecule has 0 spiro atoms. The smallest absolute Gasteiger partial charge is 0.317 e. The lowest BCUT2D eigenvalue weighted by Crippen LogP contribution is -2.01. The third kappa shape index (κ3) is 3.84. The predicted octanol–water partition coefficient (Wildman–Crippen LogP) is 2.19. The second-order valence-electron chi connectivity index (χ2n) is 3.81. The van der Waals surface area contributed by atoms with Gasteiger partial charge in [0.05, 0.1) is 6.61 Å². The molecule has 0 saturated carbocycles. The summed E-state index contributed by atoms with van der Waals surface area (Å²) in [6.45, 7) is 6.05. The van der Waals surface area contributed by atoms with Crippen LogP contribution in [0.3, 0.4) is 0 Å². The molecule has 90 valence electrons. The average molecular weight is 231 g/mol. The van der Waals surface area contributed by atoms with Crippen molar-refractivity contribution in [2.75, 3.05) is 12.3 Å². The molecular weight excluding hydrogens is 214 g/mol. The monoisotopic (exact) mass is 231 g/mol. The molecule has 3 nitrogen and oxygen atoms in total. The van der Waals surface area contributed by atoms with Crippen molar-refractivity contribution in [2.45, 2.75) is 27.2 Å². The Balaban J connectivity index is 2.79. The van der Waals surface area contributed by atoms with Gasteiger partial charge in [0.1, 0.15) is 6.42 Å². The van der Waals surface area contributed by atoms with E-state index in [1.807, 2.05) is 26.0 Å². The number of anilines is 1. The molecule has 0 atom stereocenters. The largest absolute Gasteiger partial charge is 0.465 e. The van der Waals surface area contributed by atoms with Crippen LogP contribution in [-0.4, -0.2) is 12.6 Å². The Hall–Kier alpha value is -1.95. The summed E-state index contributed by atoms with van der Waals surface area (Å²) >= 11 is 0. The fourth-order valence-electron chi connectivity index (χ4n) is 1.40. The van der Waals surface area contributed by atoms with Gasteiger partial charge in [-0.3, -0.25) is 4.79 Å². The van der Waals surface area contributed by atoms with Crippen molar-refractivity contribution >= 4 is 11.7 Å². The van der Waals surface area contributed by atoms with Gasteiger partial charge in [0, 0.05) is 11.3 Å². The molecule has 0 aliphatic carbocycles. The van der Waals surface area contributed by atoms with E-state index in [-0.39, 0.29) is 12.4 Å². The molecule has 1 rings (SSSR count). The molecule has 1 aromatic rings. The Labute approximate surface area is 102 Å². The first-order chi connectivity index (χ1) is 8.04. The van der Waals surface area contributed by atoms with Gasteiger partial charge in [-0.1, -0.05) is 11.8 Å². The van der Waals surface area contributed by atoms with Gasteiger partial charge in [0.2, 0.25) is 0 Å². The minimum absolute atomic E-state index is 0.122. The van der Waals surface area contributed by atoms with E-state index in [1.54, 1.807) is 6.92 Å². The van der Waals surface area contributed by atoms with Crippen molar-refractivity contribution in [2.24, 2.45) is 0 Å². The minimum atomic E-state index is -0.287. The van der Waals surface area contributed by atoms with E-state index >= 15 is 0 Å². The van der Waals surface area contributed by atoms with Crippen LogP contribution in [0.15, 0.2) is 12.1 Å². The summed E-state index contributed by atoms with van der Waals surface area (Å²) in [6.07, 6.45) is 0.122. The fraction of sp³-hybridized carbons (Fsp3) is 0.357. The number of nitrogen functional groups attached to an aromatic ring is 1. The summed E-state index contributed by atoms with van der Waals surface area (Å²) in [5.74, 6) is 5.49. The lowest BCUT2D eigenvalue weighted by Gasteiger charge is -2.03. The minimum Gasteiger partial charge on any atom is -0.465 e. The maximum atomic E-state index is 11.1. The molecule has 0 saturated heterocycles. The Kier molecular flexibility index (Phi) is 4.59. The first kappa shape index (κ1) is 13.1. The van der Waals surface area contributed by atoms with E-state index < -0.39 is 0 Å². The Morgan fingerprint density at radius 1 is 1.35 bits per heavy atom. The van der Waals surface area contributed by atoms with Crippen LogP contribution in [0.25, 0.3) is 0 Å². The zero-order valence-electron chi connectivity index (χ0n) is 10.5. The van der Waals surface area contributed by atoms with Crippen molar-refractivity contribution in [3.63, 3.8) is 0 Å². The highest BCUT2D eigenvalue weighted by Gasteiger charge is 2.00. The molecule has 0 aromatic heterocycles. The molecule has 1 aromatic carbocycles. The first-order valence-electron chi connectivity index (χ1n) is 5.55. The van der Waals surface area contributed by atoms with Gasteiger partial charge in [-0.05, 0) is 44.0 Å². The lowest BCUT2D eigenvalue weighted by atomic mass is 10.0. The Bertz CT molecular complexity index is 481. The molecular formula is C14H17NO2. The van der Waals surface area contributed by atoms with Crippen molar-refractivity contribution < 1.29 is 9.53 Å². The van der Waals surface area contributed by atoms with Crippen molar-refractivity contribution in [3.05, 3.63) is 28.8 Å². The van der Waals surface area contributed by atoms with Gasteiger partial charge in [0.25, 0.3) is 0 Å². The fourth-order valence-corrected chi connectivity index (χ4v) is 1.40. The molecule has 0 amide bonds. The van der Waals surface area contributed by atoms with Crippen LogP contribution in [0.5, 0.6) is 0 Å². The number of carbonyl (C=O) groups excluding carboxylic acids is 1. The van der Waals surface area contributed by atoms with Gasteiger partial charge in [-0.15, -0.1) is 0 Å². The van der Waals surface area contributed by atoms with E-state index in [0.717, 1.165) is 22.4 Å². The lowest BCUT2D eigenvalue weighted by molar-refractivity contribution is -0.141. The number of nitrogens with two attached hydrogens (primary N) is 1. The number of benzene rings is 1. The molecule has 2 N–H and O–H groups in total. The summed E-state index contributed by atoms with van der Waals surface area (Å²) in [7, 11) is 0. The summed E-state index contributed by atoms with van der Waals surface area (Å²) in [6, 6.07) is 3.83. The van der Waals surface area contributed by atoms with Crippen LogP contribution in [-0.2, 0) is 9.53 Å². The first-order valence-corrected chi connectivity index (χ1v) is 5.55. The molecule has 0 heterocycles. The highest BCUT2D eigenvalue weighted by molar-refractivity contribution is 5.72. The Morgan fingerprint density at radius 2 is 2.06 bits per heavy atom. The van der Waals surface area contributed by atoms with Crippen molar-refractivity contribution in [1.82, 2.24) is 0 Å². The van der Waals surface area contributed by atoms with Crippen LogP contribution in [0.4, 0.5) is 5.69 Å². The summed E-state index contributed by atoms with van der Waals surface area (Å²) in [4.78, 5) is 11.1. The number of carbonyl (C=O) groups is 1. The van der Waals surface area contributed by atoms with Crippen molar-refractivity contribution in [3.8, 4) is 11.8 Å². The highest BCUT2D eigenvalue weighted by Crippen LogP contribution is 2.16. The molecule has 0 fully saturated rings. The van der Waals surface area contributed by atoms with Crippen LogP contribution in [0.2, 0.25) is 0 Å². The molecule has 0 aliphatic rings. The molecule has 0 bridgehead atoms. The number of esters is 1. The van der Waals surface area contributed by atoms with E-state index in [1.165, 1.54) is 0 Å². The van der Waals surface area contributed by atoms with Crippen LogP contribution in [0, 0.1) is 25.7 Å². The number of rotatable bonds is 2. The molecule has 0 aliphatic heterocycles. The molecule has 0 unspecified atom stereocenters. The Morgan fingerprint density at radius 3 is 2.71 bits per heavy atom. The second kappa shape index (κ2) is 5.95. The summed E-state index contributed by atoms with van der Waals surface area (Å²) in [5.41, 5.74) is 9.46. The number of aryl methyl sites for hydroxylation is 2. The van der Waals surface area contributed by atoms with Gasteiger partial charge >= 0.3 is 5.97 Å². The van der Waals surface area contributed by atoms with E-state index in [0.29, 0.717) is 6.61 Å². The zero-order chi connectivity index (χ0) is 12.8. The summed E-state index contributed by atoms with van der Waals surface area (Å²) < 4.78 is 4.79. The topological polar surface area (TPSA) is 52.3 Å². The number of ether oxygens (including phenoxy) is 1. The van der Waals surface area contributed by atoms with Gasteiger partial charge < -0.3 is 10.5 Å². The zero-order valence-corrected chi connectivity index (χ0v) is 10.5. The maximum Gasteiger partial charge on any atom is 0.317 e. The third-order valence-corrected chi connectivity index (χ3v) is 2.37. The van der Waals surface area contributed by atoms with E-state index in [9.17, 15) is 4.79 Å². The normalized spacial score (nSPS) is 9.35. The van der Waals surface area contributed by atoms with Gasteiger partial charge in [0.15, 0.2) is 0 Å². The maximum absolute atomic E-state index is 11.1. The highest BCUT2D eigenvalue weighted by atomic mass is 16.5. The van der Waals surface area contributed by atoms with E-state index in [4.69, 9.17) is 10.5 Å². The third-order valence-electron chi connectivity index (χ3n) is 2.37. The van der Waals surface area contributed by atoms with Gasteiger partial charge in [-0.25, -0.2) is 0 Å². The van der Waals surface area contributed by atoms with Gasteiger partial charge in [-0.2, -0.15) is 0 Å². The SMILES string of the molecule is CCOC(=O)CC#Cc1cc(C)c(N)cc1C. The number of hydrogen-bond acceptors (Lipinski definition) is 3. The molecule has 17 heavy (non-hydrogen) atoms. The standard InChI is InChI=1S/C14H17NO2/c1-4-17-14(16)7-5-6-12-8-11(3)13(15)9-10(12)2/h8-9H,4,7,15H2,1-3H3. The predicted molar refractivity (Wildman–Crippen MR) is 68.5 cm³/mol. The molecule has 3 heteroatoms. The number of hydrogen-bond donors (Lipinski definition) is 1.